The van der Waals surface area contributed by atoms with Gasteiger partial charge in [-0.1, -0.05) is 29.5 Å². The maximum atomic E-state index is 5.97. The molecule has 0 amide bonds. The molecule has 0 saturated heterocycles. The third-order valence-electron chi connectivity index (χ3n) is 4.39. The molecule has 0 unspecified atom stereocenters. The minimum Gasteiger partial charge on any atom is -0.483 e. The summed E-state index contributed by atoms with van der Waals surface area (Å²) in [5.41, 5.74) is 4.40. The van der Waals surface area contributed by atoms with Gasteiger partial charge in [0.25, 0.3) is 0 Å². The van der Waals surface area contributed by atoms with E-state index in [1.165, 1.54) is 11.1 Å². The lowest BCUT2D eigenvalue weighted by Crippen LogP contribution is -2.27. The zero-order valence-corrected chi connectivity index (χ0v) is 15.0. The second kappa shape index (κ2) is 6.77. The van der Waals surface area contributed by atoms with E-state index in [1.54, 1.807) is 10.9 Å². The molecule has 0 aliphatic carbocycles. The number of nitrogens with zero attached hydrogens (tertiary/aromatic N) is 3. The van der Waals surface area contributed by atoms with Gasteiger partial charge in [0, 0.05) is 18.7 Å². The zero-order chi connectivity index (χ0) is 18.0. The maximum absolute atomic E-state index is 5.97. The number of benzene rings is 2. The Kier molecular flexibility index (Phi) is 4.31. The van der Waals surface area contributed by atoms with Crippen molar-refractivity contribution in [2.75, 3.05) is 0 Å². The molecule has 132 valence electrons. The predicted molar refractivity (Wildman–Crippen MR) is 102 cm³/mol. The Morgan fingerprint density at radius 3 is 2.58 bits per heavy atom. The van der Waals surface area contributed by atoms with Crippen molar-refractivity contribution in [1.29, 1.82) is 0 Å². The Bertz CT molecular complexity index is 912. The fraction of sp³-hybridized carbons (Fsp3) is 0.238. The summed E-state index contributed by atoms with van der Waals surface area (Å²) < 4.78 is 7.72. The van der Waals surface area contributed by atoms with Crippen molar-refractivity contribution in [2.24, 2.45) is 0 Å². The molecule has 1 aliphatic rings. The van der Waals surface area contributed by atoms with E-state index in [0.29, 0.717) is 0 Å². The highest BCUT2D eigenvalue weighted by molar-refractivity contribution is 5.61. The van der Waals surface area contributed by atoms with Crippen molar-refractivity contribution >= 4 is 6.08 Å². The maximum Gasteiger partial charge on any atom is 0.127 e. The Labute approximate surface area is 153 Å². The van der Waals surface area contributed by atoms with Crippen LogP contribution in [0.1, 0.15) is 30.5 Å². The fourth-order valence-electron chi connectivity index (χ4n) is 3.00. The first kappa shape index (κ1) is 16.5. The first-order valence-corrected chi connectivity index (χ1v) is 8.77. The average Bonchev–Trinajstić information content (AvgIpc) is 3.16. The van der Waals surface area contributed by atoms with Crippen molar-refractivity contribution in [3.05, 3.63) is 77.6 Å². The lowest BCUT2D eigenvalue weighted by Gasteiger charge is -2.28. The Morgan fingerprint density at radius 2 is 1.81 bits per heavy atom. The van der Waals surface area contributed by atoms with Gasteiger partial charge in [-0.25, -0.2) is 4.68 Å². The highest BCUT2D eigenvalue weighted by atomic mass is 16.5. The number of rotatable bonds is 5. The van der Waals surface area contributed by atoms with E-state index in [2.05, 4.69) is 84.1 Å². The van der Waals surface area contributed by atoms with Crippen LogP contribution in [0.5, 0.6) is 5.75 Å². The topological polar surface area (TPSA) is 52.0 Å². The molecule has 0 saturated carbocycles. The zero-order valence-electron chi connectivity index (χ0n) is 15.0. The summed E-state index contributed by atoms with van der Waals surface area (Å²) in [7, 11) is 0. The molecule has 2 heterocycles. The smallest absolute Gasteiger partial charge is 0.127 e. The fourth-order valence-corrected chi connectivity index (χ4v) is 3.00. The van der Waals surface area contributed by atoms with Crippen LogP contribution in [0.15, 0.2) is 60.9 Å². The summed E-state index contributed by atoms with van der Waals surface area (Å²) in [5, 5.41) is 11.3. The lowest BCUT2D eigenvalue weighted by molar-refractivity contribution is 0.159. The summed E-state index contributed by atoms with van der Waals surface area (Å²) in [6, 6.07) is 14.7. The first-order valence-electron chi connectivity index (χ1n) is 8.77. The normalized spacial score (nSPS) is 14.7. The van der Waals surface area contributed by atoms with E-state index in [9.17, 15) is 0 Å². The van der Waals surface area contributed by atoms with Gasteiger partial charge < -0.3 is 10.1 Å². The van der Waals surface area contributed by atoms with E-state index < -0.39 is 0 Å². The molecule has 5 heteroatoms. The molecule has 0 spiro atoms. The summed E-state index contributed by atoms with van der Waals surface area (Å²) in [4.78, 5) is 0. The number of ether oxygens (including phenoxy) is 1. The van der Waals surface area contributed by atoms with Gasteiger partial charge in [-0.05, 0) is 55.3 Å². The SMILES string of the molecule is CC1(C)C=Cc2cc(CNCc3ccc(-n4ccnn4)cc3)ccc2O1. The number of nitrogens with one attached hydrogen (secondary N) is 1. The summed E-state index contributed by atoms with van der Waals surface area (Å²) in [5.74, 6) is 0.949. The molecule has 26 heavy (non-hydrogen) atoms. The molecular formula is C21H22N4O. The van der Waals surface area contributed by atoms with Gasteiger partial charge >= 0.3 is 0 Å². The molecule has 1 N–H and O–H groups in total. The molecule has 0 atom stereocenters. The monoisotopic (exact) mass is 346 g/mol. The Hall–Kier alpha value is -2.92. The van der Waals surface area contributed by atoms with Gasteiger partial charge in [0.1, 0.15) is 11.4 Å². The minimum absolute atomic E-state index is 0.231. The van der Waals surface area contributed by atoms with E-state index in [1.807, 2.05) is 6.20 Å². The number of hydrogen-bond donors (Lipinski definition) is 1. The second-order valence-electron chi connectivity index (χ2n) is 7.03. The van der Waals surface area contributed by atoms with E-state index in [4.69, 9.17) is 4.74 Å². The average molecular weight is 346 g/mol. The molecule has 0 fully saturated rings. The van der Waals surface area contributed by atoms with Crippen LogP contribution in [-0.2, 0) is 13.1 Å². The molecule has 4 rings (SSSR count). The molecule has 0 bridgehead atoms. The summed E-state index contributed by atoms with van der Waals surface area (Å²) in [6.07, 6.45) is 7.76. The van der Waals surface area contributed by atoms with E-state index in [0.717, 1.165) is 30.1 Å². The second-order valence-corrected chi connectivity index (χ2v) is 7.03. The van der Waals surface area contributed by atoms with Gasteiger partial charge in [-0.2, -0.15) is 0 Å². The molecular weight excluding hydrogens is 324 g/mol. The molecule has 0 radical (unpaired) electrons. The molecule has 3 aromatic rings. The third kappa shape index (κ3) is 3.68. The van der Waals surface area contributed by atoms with Crippen LogP contribution in [0.4, 0.5) is 0 Å². The van der Waals surface area contributed by atoms with Crippen LogP contribution in [0, 0.1) is 0 Å². The van der Waals surface area contributed by atoms with Crippen molar-refractivity contribution in [2.45, 2.75) is 32.5 Å². The van der Waals surface area contributed by atoms with Crippen molar-refractivity contribution < 1.29 is 4.74 Å². The van der Waals surface area contributed by atoms with Crippen molar-refractivity contribution in [1.82, 2.24) is 20.3 Å². The Morgan fingerprint density at radius 1 is 1.04 bits per heavy atom. The lowest BCUT2D eigenvalue weighted by atomic mass is 10.0. The largest absolute Gasteiger partial charge is 0.483 e. The minimum atomic E-state index is -0.231. The molecule has 5 nitrogen and oxygen atoms in total. The van der Waals surface area contributed by atoms with Crippen molar-refractivity contribution in [3.8, 4) is 11.4 Å². The Balaban J connectivity index is 1.35. The highest BCUT2D eigenvalue weighted by Crippen LogP contribution is 2.31. The number of fused-ring (bicyclic) bond motifs is 1. The predicted octanol–water partition coefficient (Wildman–Crippen LogP) is 3.74. The molecule has 1 aromatic heterocycles. The van der Waals surface area contributed by atoms with Crippen LogP contribution in [-0.4, -0.2) is 20.6 Å². The van der Waals surface area contributed by atoms with Gasteiger partial charge in [0.05, 0.1) is 18.1 Å². The van der Waals surface area contributed by atoms with Crippen LogP contribution in [0.2, 0.25) is 0 Å². The van der Waals surface area contributed by atoms with Gasteiger partial charge in [0.15, 0.2) is 0 Å². The van der Waals surface area contributed by atoms with Crippen LogP contribution < -0.4 is 10.1 Å². The number of aromatic nitrogens is 3. The molecule has 2 aromatic carbocycles. The van der Waals surface area contributed by atoms with E-state index >= 15 is 0 Å². The standard InChI is InChI=1S/C21H22N4O/c1-21(2)10-9-18-13-17(5-8-20(18)26-21)15-22-14-16-3-6-19(7-4-16)25-12-11-23-24-25/h3-13,22H,14-15H2,1-2H3. The van der Waals surface area contributed by atoms with Crippen LogP contribution in [0.3, 0.4) is 0 Å². The van der Waals surface area contributed by atoms with Gasteiger partial charge in [0.2, 0.25) is 0 Å². The quantitative estimate of drug-likeness (QED) is 0.765. The van der Waals surface area contributed by atoms with Gasteiger partial charge in [-0.3, -0.25) is 0 Å². The third-order valence-corrected chi connectivity index (χ3v) is 4.39. The van der Waals surface area contributed by atoms with Gasteiger partial charge in [-0.15, -0.1) is 5.10 Å². The van der Waals surface area contributed by atoms with E-state index in [-0.39, 0.29) is 5.60 Å². The summed E-state index contributed by atoms with van der Waals surface area (Å²) in [6.45, 7) is 5.76. The summed E-state index contributed by atoms with van der Waals surface area (Å²) >= 11 is 0. The van der Waals surface area contributed by atoms with Crippen LogP contribution in [0.25, 0.3) is 11.8 Å². The van der Waals surface area contributed by atoms with Crippen molar-refractivity contribution in [3.63, 3.8) is 0 Å². The molecule has 1 aliphatic heterocycles. The highest BCUT2D eigenvalue weighted by Gasteiger charge is 2.21. The number of hydrogen-bond acceptors (Lipinski definition) is 4. The first-order chi connectivity index (χ1) is 12.6. The van der Waals surface area contributed by atoms with Crippen LogP contribution >= 0.6 is 0 Å².